The number of carboxylic acid groups (broad SMARTS) is 1. The second-order valence-corrected chi connectivity index (χ2v) is 8.19. The molecule has 2 aliphatic rings. The van der Waals surface area contributed by atoms with Crippen molar-refractivity contribution in [3.05, 3.63) is 59.2 Å². The number of fused-ring (bicyclic) bond motifs is 2. The SMILES string of the molecule is COc1ccc(C=Cc2ccc3c(c2)C(=O)N2CCC(NC(=O)COCC(=O)O)C2C(=O)N3)cc1. The molecule has 3 N–H and O–H groups in total. The van der Waals surface area contributed by atoms with Crippen molar-refractivity contribution in [2.45, 2.75) is 18.5 Å². The standard InChI is InChI=1S/C25H25N3O7/c1-34-17-7-4-15(5-8-17)2-3-16-6-9-19-18(12-16)25(33)28-11-10-20(23(28)24(32)27-19)26-21(29)13-35-14-22(30)31/h2-9,12,20,23H,10-11,13-14H2,1H3,(H,26,29)(H,27,32)(H,30,31). The summed E-state index contributed by atoms with van der Waals surface area (Å²) in [5, 5.41) is 14.1. The van der Waals surface area contributed by atoms with Crippen molar-refractivity contribution in [2.75, 3.05) is 32.2 Å². The lowest BCUT2D eigenvalue weighted by Crippen LogP contribution is -2.52. The Bertz CT molecular complexity index is 1180. The number of methoxy groups -OCH3 is 1. The minimum atomic E-state index is -1.19. The number of carbonyl (C=O) groups excluding carboxylic acids is 3. The van der Waals surface area contributed by atoms with Crippen LogP contribution in [0.2, 0.25) is 0 Å². The molecule has 10 nitrogen and oxygen atoms in total. The zero-order valence-electron chi connectivity index (χ0n) is 19.0. The first-order chi connectivity index (χ1) is 16.9. The van der Waals surface area contributed by atoms with Gasteiger partial charge in [-0.05, 0) is 41.8 Å². The Morgan fingerprint density at radius 2 is 1.83 bits per heavy atom. The van der Waals surface area contributed by atoms with E-state index in [1.54, 1.807) is 19.2 Å². The van der Waals surface area contributed by atoms with Crippen LogP contribution in [-0.2, 0) is 19.1 Å². The van der Waals surface area contributed by atoms with E-state index in [-0.39, 0.29) is 5.91 Å². The number of hydrogen-bond acceptors (Lipinski definition) is 6. The molecule has 1 saturated heterocycles. The van der Waals surface area contributed by atoms with Gasteiger partial charge in [-0.25, -0.2) is 4.79 Å². The molecule has 0 aliphatic carbocycles. The number of nitrogens with one attached hydrogen (secondary N) is 2. The van der Waals surface area contributed by atoms with Gasteiger partial charge in [-0.15, -0.1) is 0 Å². The van der Waals surface area contributed by atoms with Crippen LogP contribution in [0.3, 0.4) is 0 Å². The number of benzene rings is 2. The number of hydrogen-bond donors (Lipinski definition) is 3. The van der Waals surface area contributed by atoms with Gasteiger partial charge in [0.05, 0.1) is 24.4 Å². The van der Waals surface area contributed by atoms with Gasteiger partial charge < -0.3 is 30.1 Å². The molecule has 35 heavy (non-hydrogen) atoms. The summed E-state index contributed by atoms with van der Waals surface area (Å²) in [7, 11) is 1.61. The Balaban J connectivity index is 1.48. The van der Waals surface area contributed by atoms with Crippen LogP contribution in [0, 0.1) is 0 Å². The molecule has 2 aromatic rings. The third-order valence-electron chi connectivity index (χ3n) is 5.85. The average Bonchev–Trinajstić information content (AvgIpc) is 3.22. The lowest BCUT2D eigenvalue weighted by atomic mass is 10.1. The van der Waals surface area contributed by atoms with Gasteiger partial charge in [-0.1, -0.05) is 30.4 Å². The van der Waals surface area contributed by atoms with Crippen molar-refractivity contribution in [2.24, 2.45) is 0 Å². The summed E-state index contributed by atoms with van der Waals surface area (Å²) >= 11 is 0. The van der Waals surface area contributed by atoms with Crippen LogP contribution in [-0.4, -0.2) is 72.6 Å². The van der Waals surface area contributed by atoms with Crippen molar-refractivity contribution in [1.29, 1.82) is 0 Å². The molecule has 2 atom stereocenters. The fourth-order valence-electron chi connectivity index (χ4n) is 4.20. The average molecular weight is 479 g/mol. The van der Waals surface area contributed by atoms with E-state index in [2.05, 4.69) is 10.6 Å². The second kappa shape index (κ2) is 10.4. The smallest absolute Gasteiger partial charge is 0.329 e. The van der Waals surface area contributed by atoms with Gasteiger partial charge in [0.25, 0.3) is 5.91 Å². The second-order valence-electron chi connectivity index (χ2n) is 8.19. The molecule has 2 aromatic carbocycles. The maximum atomic E-state index is 13.3. The van der Waals surface area contributed by atoms with Crippen molar-refractivity contribution in [3.8, 4) is 5.75 Å². The monoisotopic (exact) mass is 479 g/mol. The zero-order chi connectivity index (χ0) is 24.9. The van der Waals surface area contributed by atoms with Gasteiger partial charge in [0.2, 0.25) is 11.8 Å². The van der Waals surface area contributed by atoms with Crippen molar-refractivity contribution >= 4 is 41.5 Å². The summed E-state index contributed by atoms with van der Waals surface area (Å²) in [5.41, 5.74) is 2.53. The first-order valence-corrected chi connectivity index (χ1v) is 11.0. The maximum absolute atomic E-state index is 13.3. The first kappa shape index (κ1) is 24.0. The van der Waals surface area contributed by atoms with Crippen LogP contribution in [0.15, 0.2) is 42.5 Å². The number of nitrogens with zero attached hydrogens (tertiary/aromatic N) is 1. The highest BCUT2D eigenvalue weighted by Gasteiger charge is 2.45. The predicted molar refractivity (Wildman–Crippen MR) is 127 cm³/mol. The predicted octanol–water partition coefficient (Wildman–Crippen LogP) is 1.62. The molecule has 0 saturated carbocycles. The van der Waals surface area contributed by atoms with Gasteiger partial charge in [0.1, 0.15) is 25.0 Å². The molecule has 4 rings (SSSR count). The molecule has 0 radical (unpaired) electrons. The molecule has 182 valence electrons. The number of anilines is 1. The summed E-state index contributed by atoms with van der Waals surface area (Å²) in [6, 6.07) is 11.3. The molecule has 0 spiro atoms. The van der Waals surface area contributed by atoms with E-state index in [0.717, 1.165) is 16.9 Å². The lowest BCUT2D eigenvalue weighted by molar-refractivity contribution is -0.143. The van der Waals surface area contributed by atoms with Gasteiger partial charge in [0.15, 0.2) is 0 Å². The Labute approximate surface area is 201 Å². The van der Waals surface area contributed by atoms with Crippen molar-refractivity contribution in [1.82, 2.24) is 10.2 Å². The van der Waals surface area contributed by atoms with E-state index in [0.29, 0.717) is 24.2 Å². The van der Waals surface area contributed by atoms with E-state index in [9.17, 15) is 19.2 Å². The Morgan fingerprint density at radius 3 is 2.54 bits per heavy atom. The Hall–Kier alpha value is -4.18. The molecule has 10 heteroatoms. The maximum Gasteiger partial charge on any atom is 0.329 e. The molecule has 0 aromatic heterocycles. The highest BCUT2D eigenvalue weighted by Crippen LogP contribution is 2.30. The van der Waals surface area contributed by atoms with Crippen LogP contribution >= 0.6 is 0 Å². The van der Waals surface area contributed by atoms with Crippen molar-refractivity contribution in [3.63, 3.8) is 0 Å². The normalized spacial score (nSPS) is 19.1. The van der Waals surface area contributed by atoms with E-state index in [4.69, 9.17) is 14.6 Å². The lowest BCUT2D eigenvalue weighted by Gasteiger charge is -2.24. The fourth-order valence-corrected chi connectivity index (χ4v) is 4.20. The minimum absolute atomic E-state index is 0.295. The number of aliphatic carboxylic acids is 1. The number of carboxylic acids is 1. The Morgan fingerprint density at radius 1 is 1.11 bits per heavy atom. The van der Waals surface area contributed by atoms with Gasteiger partial charge >= 0.3 is 5.97 Å². The first-order valence-electron chi connectivity index (χ1n) is 11.0. The Kier molecular flexibility index (Phi) is 7.11. The summed E-state index contributed by atoms with van der Waals surface area (Å²) in [6.45, 7) is -0.754. The molecule has 2 heterocycles. The third-order valence-corrected chi connectivity index (χ3v) is 5.85. The molecular formula is C25H25N3O7. The highest BCUT2D eigenvalue weighted by molar-refractivity contribution is 6.11. The quantitative estimate of drug-likeness (QED) is 0.490. The molecule has 3 amide bonds. The minimum Gasteiger partial charge on any atom is -0.497 e. The summed E-state index contributed by atoms with van der Waals surface area (Å²) in [5.74, 6) is -1.67. The summed E-state index contributed by atoms with van der Waals surface area (Å²) < 4.78 is 9.96. The van der Waals surface area contributed by atoms with E-state index >= 15 is 0 Å². The largest absolute Gasteiger partial charge is 0.497 e. The van der Waals surface area contributed by atoms with Crippen LogP contribution < -0.4 is 15.4 Å². The summed E-state index contributed by atoms with van der Waals surface area (Å²) in [6.07, 6.45) is 4.18. The van der Waals surface area contributed by atoms with Gasteiger partial charge in [0, 0.05) is 6.54 Å². The fraction of sp³-hybridized carbons (Fsp3) is 0.280. The van der Waals surface area contributed by atoms with Crippen LogP contribution in [0.25, 0.3) is 12.2 Å². The van der Waals surface area contributed by atoms with Crippen LogP contribution in [0.5, 0.6) is 5.75 Å². The number of amides is 3. The van der Waals surface area contributed by atoms with Crippen LogP contribution in [0.4, 0.5) is 5.69 Å². The molecule has 2 aliphatic heterocycles. The van der Waals surface area contributed by atoms with E-state index in [1.165, 1.54) is 4.90 Å². The third kappa shape index (κ3) is 5.49. The molecular weight excluding hydrogens is 454 g/mol. The molecule has 2 unspecified atom stereocenters. The topological polar surface area (TPSA) is 134 Å². The molecule has 0 bridgehead atoms. The number of carbonyl (C=O) groups is 4. The van der Waals surface area contributed by atoms with Gasteiger partial charge in [-0.3, -0.25) is 14.4 Å². The number of rotatable bonds is 8. The van der Waals surface area contributed by atoms with Gasteiger partial charge in [-0.2, -0.15) is 0 Å². The number of ether oxygens (including phenoxy) is 2. The van der Waals surface area contributed by atoms with E-state index in [1.807, 2.05) is 42.5 Å². The molecule has 1 fully saturated rings. The highest BCUT2D eigenvalue weighted by atomic mass is 16.5. The van der Waals surface area contributed by atoms with Crippen molar-refractivity contribution < 1.29 is 33.8 Å². The van der Waals surface area contributed by atoms with Crippen LogP contribution in [0.1, 0.15) is 27.9 Å². The zero-order valence-corrected chi connectivity index (χ0v) is 19.0. The van der Waals surface area contributed by atoms with E-state index < -0.39 is 43.1 Å². The summed E-state index contributed by atoms with van der Waals surface area (Å²) in [4.78, 5) is 50.4.